The Balaban J connectivity index is 1.51. The number of anilines is 1. The normalized spacial score (nSPS) is 21.1. The number of nitrogens with one attached hydrogen (secondary N) is 2. The SMILES string of the molecule is Fc1cccc([C@@H]2C[C@H]2Nc2nc3ccccc3[nH]2)c1. The smallest absolute Gasteiger partial charge is 0.201 e. The van der Waals surface area contributed by atoms with Crippen molar-refractivity contribution in [2.45, 2.75) is 18.4 Å². The van der Waals surface area contributed by atoms with Crippen LogP contribution in [0, 0.1) is 5.82 Å². The van der Waals surface area contributed by atoms with E-state index < -0.39 is 0 Å². The summed E-state index contributed by atoms with van der Waals surface area (Å²) in [5.74, 6) is 0.992. The molecule has 1 fully saturated rings. The minimum Gasteiger partial charge on any atom is -0.352 e. The molecule has 1 aromatic heterocycles. The van der Waals surface area contributed by atoms with Gasteiger partial charge in [-0.1, -0.05) is 24.3 Å². The molecule has 0 saturated heterocycles. The van der Waals surface area contributed by atoms with Crippen LogP contribution in [0.4, 0.5) is 10.3 Å². The second kappa shape index (κ2) is 4.34. The fourth-order valence-corrected chi connectivity index (χ4v) is 2.66. The molecule has 3 aromatic rings. The minimum atomic E-state index is -0.170. The first-order valence-corrected chi connectivity index (χ1v) is 6.76. The van der Waals surface area contributed by atoms with Crippen LogP contribution in [0.5, 0.6) is 0 Å². The van der Waals surface area contributed by atoms with E-state index >= 15 is 0 Å². The van der Waals surface area contributed by atoms with Crippen LogP contribution in [-0.4, -0.2) is 16.0 Å². The van der Waals surface area contributed by atoms with Crippen molar-refractivity contribution in [3.63, 3.8) is 0 Å². The first-order valence-electron chi connectivity index (χ1n) is 6.76. The van der Waals surface area contributed by atoms with Gasteiger partial charge >= 0.3 is 0 Å². The first-order chi connectivity index (χ1) is 9.79. The van der Waals surface area contributed by atoms with Crippen molar-refractivity contribution >= 4 is 17.0 Å². The fourth-order valence-electron chi connectivity index (χ4n) is 2.66. The number of para-hydroxylation sites is 2. The molecule has 1 aliphatic carbocycles. The molecule has 0 spiro atoms. The van der Waals surface area contributed by atoms with E-state index in [1.807, 2.05) is 30.3 Å². The summed E-state index contributed by atoms with van der Waals surface area (Å²) >= 11 is 0. The maximum absolute atomic E-state index is 13.2. The molecule has 3 nitrogen and oxygen atoms in total. The molecule has 4 rings (SSSR count). The average Bonchev–Trinajstić information content (AvgIpc) is 3.08. The second-order valence-electron chi connectivity index (χ2n) is 5.25. The van der Waals surface area contributed by atoms with E-state index in [2.05, 4.69) is 15.3 Å². The highest BCUT2D eigenvalue weighted by Gasteiger charge is 2.39. The van der Waals surface area contributed by atoms with Gasteiger partial charge in [0.15, 0.2) is 0 Å². The number of imidazole rings is 1. The third-order valence-electron chi connectivity index (χ3n) is 3.78. The first kappa shape index (κ1) is 11.5. The Morgan fingerprint density at radius 3 is 2.90 bits per heavy atom. The zero-order valence-corrected chi connectivity index (χ0v) is 10.8. The van der Waals surface area contributed by atoms with Crippen LogP contribution in [0.15, 0.2) is 48.5 Å². The molecule has 0 aliphatic heterocycles. The van der Waals surface area contributed by atoms with E-state index in [1.54, 1.807) is 12.1 Å². The van der Waals surface area contributed by atoms with E-state index in [0.717, 1.165) is 29.0 Å². The number of rotatable bonds is 3. The monoisotopic (exact) mass is 267 g/mol. The summed E-state index contributed by atoms with van der Waals surface area (Å²) in [5.41, 5.74) is 3.04. The van der Waals surface area contributed by atoms with Crippen LogP contribution in [-0.2, 0) is 0 Å². The lowest BCUT2D eigenvalue weighted by atomic mass is 10.1. The zero-order valence-electron chi connectivity index (χ0n) is 10.8. The van der Waals surface area contributed by atoms with Crippen LogP contribution in [0.1, 0.15) is 17.9 Å². The summed E-state index contributed by atoms with van der Waals surface area (Å²) in [5, 5.41) is 3.38. The van der Waals surface area contributed by atoms with Gasteiger partial charge in [-0.3, -0.25) is 0 Å². The molecule has 0 amide bonds. The summed E-state index contributed by atoms with van der Waals surface area (Å²) in [7, 11) is 0. The molecule has 2 atom stereocenters. The van der Waals surface area contributed by atoms with Gasteiger partial charge in [-0.2, -0.15) is 0 Å². The Morgan fingerprint density at radius 2 is 2.05 bits per heavy atom. The lowest BCUT2D eigenvalue weighted by Gasteiger charge is -2.02. The van der Waals surface area contributed by atoms with Crippen LogP contribution in [0.25, 0.3) is 11.0 Å². The van der Waals surface area contributed by atoms with Crippen molar-refractivity contribution in [3.8, 4) is 0 Å². The molecule has 1 aliphatic rings. The Kier molecular flexibility index (Phi) is 2.49. The Morgan fingerprint density at radius 1 is 1.15 bits per heavy atom. The third-order valence-corrected chi connectivity index (χ3v) is 3.78. The van der Waals surface area contributed by atoms with Gasteiger partial charge < -0.3 is 10.3 Å². The van der Waals surface area contributed by atoms with Gasteiger partial charge in [0, 0.05) is 12.0 Å². The van der Waals surface area contributed by atoms with E-state index in [9.17, 15) is 4.39 Å². The molecule has 0 bridgehead atoms. The standard InChI is InChI=1S/C16H14FN3/c17-11-5-3-4-10(8-11)12-9-15(12)20-16-18-13-6-1-2-7-14(13)19-16/h1-8,12,15H,9H2,(H2,18,19,20)/t12-,15+/m0/s1. The van der Waals surface area contributed by atoms with Gasteiger partial charge in [0.05, 0.1) is 11.0 Å². The largest absolute Gasteiger partial charge is 0.352 e. The number of fused-ring (bicyclic) bond motifs is 1. The van der Waals surface area contributed by atoms with Crippen molar-refractivity contribution in [2.75, 3.05) is 5.32 Å². The summed E-state index contributed by atoms with van der Waals surface area (Å²) in [6.07, 6.45) is 1.01. The van der Waals surface area contributed by atoms with Crippen molar-refractivity contribution in [1.29, 1.82) is 0 Å². The highest BCUT2D eigenvalue weighted by molar-refractivity contribution is 5.77. The van der Waals surface area contributed by atoms with Gasteiger partial charge in [0.25, 0.3) is 0 Å². The predicted molar refractivity (Wildman–Crippen MR) is 77.3 cm³/mol. The van der Waals surface area contributed by atoms with Crippen molar-refractivity contribution in [1.82, 2.24) is 9.97 Å². The zero-order chi connectivity index (χ0) is 13.5. The lowest BCUT2D eigenvalue weighted by molar-refractivity contribution is 0.625. The third kappa shape index (κ3) is 2.03. The van der Waals surface area contributed by atoms with Gasteiger partial charge in [-0.05, 0) is 36.2 Å². The molecule has 0 unspecified atom stereocenters. The average molecular weight is 267 g/mol. The molecule has 2 N–H and O–H groups in total. The predicted octanol–water partition coefficient (Wildman–Crippen LogP) is 3.67. The van der Waals surface area contributed by atoms with Gasteiger partial charge in [0.1, 0.15) is 5.82 Å². The molecular weight excluding hydrogens is 253 g/mol. The Hall–Kier alpha value is -2.36. The van der Waals surface area contributed by atoms with E-state index in [-0.39, 0.29) is 5.82 Å². The quantitative estimate of drug-likeness (QED) is 0.760. The number of aromatic nitrogens is 2. The van der Waals surface area contributed by atoms with Gasteiger partial charge in [-0.25, -0.2) is 9.37 Å². The van der Waals surface area contributed by atoms with Crippen molar-refractivity contribution < 1.29 is 4.39 Å². The number of hydrogen-bond acceptors (Lipinski definition) is 2. The number of halogens is 1. The second-order valence-corrected chi connectivity index (χ2v) is 5.25. The Labute approximate surface area is 115 Å². The molecule has 100 valence electrons. The summed E-state index contributed by atoms with van der Waals surface area (Å²) in [4.78, 5) is 7.75. The van der Waals surface area contributed by atoms with Crippen molar-refractivity contribution in [3.05, 3.63) is 59.9 Å². The van der Waals surface area contributed by atoms with E-state index in [1.165, 1.54) is 6.07 Å². The minimum absolute atomic E-state index is 0.170. The number of aromatic amines is 1. The number of H-pyrrole nitrogens is 1. The number of benzene rings is 2. The van der Waals surface area contributed by atoms with E-state index in [0.29, 0.717) is 12.0 Å². The van der Waals surface area contributed by atoms with Crippen LogP contribution >= 0.6 is 0 Å². The summed E-state index contributed by atoms with van der Waals surface area (Å²) in [6, 6.07) is 15.1. The van der Waals surface area contributed by atoms with Gasteiger partial charge in [-0.15, -0.1) is 0 Å². The van der Waals surface area contributed by atoms with Crippen LogP contribution in [0.3, 0.4) is 0 Å². The van der Waals surface area contributed by atoms with Crippen molar-refractivity contribution in [2.24, 2.45) is 0 Å². The molecule has 2 aromatic carbocycles. The maximum Gasteiger partial charge on any atom is 0.201 e. The molecule has 4 heteroatoms. The number of nitrogens with zero attached hydrogens (tertiary/aromatic N) is 1. The van der Waals surface area contributed by atoms with Gasteiger partial charge in [0.2, 0.25) is 5.95 Å². The topological polar surface area (TPSA) is 40.7 Å². The maximum atomic E-state index is 13.2. The Bertz CT molecular complexity index is 732. The summed E-state index contributed by atoms with van der Waals surface area (Å²) < 4.78 is 13.2. The molecular formula is C16H14FN3. The molecule has 20 heavy (non-hydrogen) atoms. The van der Waals surface area contributed by atoms with Crippen LogP contribution in [0.2, 0.25) is 0 Å². The lowest BCUT2D eigenvalue weighted by Crippen LogP contribution is -2.05. The number of hydrogen-bond donors (Lipinski definition) is 2. The van der Waals surface area contributed by atoms with E-state index in [4.69, 9.17) is 0 Å². The molecule has 1 saturated carbocycles. The summed E-state index contributed by atoms with van der Waals surface area (Å²) in [6.45, 7) is 0. The molecule has 0 radical (unpaired) electrons. The highest BCUT2D eigenvalue weighted by Crippen LogP contribution is 2.42. The highest BCUT2D eigenvalue weighted by atomic mass is 19.1. The van der Waals surface area contributed by atoms with Crippen LogP contribution < -0.4 is 5.32 Å². The fraction of sp³-hybridized carbons (Fsp3) is 0.188. The molecule has 1 heterocycles.